The molecule has 0 aliphatic rings. The topological polar surface area (TPSA) is 21.3 Å². The second kappa shape index (κ2) is 8.27. The maximum atomic E-state index is 12.9. The van der Waals surface area contributed by atoms with Gasteiger partial charge in [0.2, 0.25) is 0 Å². The van der Waals surface area contributed by atoms with E-state index in [-0.39, 0.29) is 5.82 Å². The smallest absolute Gasteiger partial charge is 0.127 e. The Hall–Kier alpha value is -2.65. The van der Waals surface area contributed by atoms with Crippen molar-refractivity contribution in [3.05, 3.63) is 95.8 Å². The van der Waals surface area contributed by atoms with Gasteiger partial charge in [0.05, 0.1) is 0 Å². The van der Waals surface area contributed by atoms with Crippen LogP contribution in [0.1, 0.15) is 11.1 Å². The summed E-state index contributed by atoms with van der Waals surface area (Å²) in [6.07, 6.45) is 1.02. The molecular formula is C21H20FNO. The molecule has 3 aromatic carbocycles. The van der Waals surface area contributed by atoms with Crippen LogP contribution in [0.3, 0.4) is 0 Å². The Bertz CT molecular complexity index is 739. The highest BCUT2D eigenvalue weighted by Gasteiger charge is 1.99. The van der Waals surface area contributed by atoms with Gasteiger partial charge in [-0.1, -0.05) is 42.5 Å². The van der Waals surface area contributed by atoms with E-state index in [0.717, 1.165) is 25.3 Å². The molecule has 0 unspecified atom stereocenters. The standard InChI is InChI=1S/C21H20FNO/c22-19-8-12-21(13-9-19)24-20-10-6-18(7-11-20)16-23-15-14-17-4-2-1-3-5-17/h1-13,23H,14-16H2. The number of hydrogen-bond donors (Lipinski definition) is 1. The maximum absolute atomic E-state index is 12.9. The summed E-state index contributed by atoms with van der Waals surface area (Å²) in [6.45, 7) is 1.77. The molecule has 0 bridgehead atoms. The first kappa shape index (κ1) is 16.2. The van der Waals surface area contributed by atoms with Crippen LogP contribution in [0.5, 0.6) is 11.5 Å². The summed E-state index contributed by atoms with van der Waals surface area (Å²) in [4.78, 5) is 0. The zero-order chi connectivity index (χ0) is 16.6. The molecule has 1 N–H and O–H groups in total. The van der Waals surface area contributed by atoms with Gasteiger partial charge in [0, 0.05) is 6.54 Å². The molecule has 0 saturated heterocycles. The summed E-state index contributed by atoms with van der Waals surface area (Å²) in [6, 6.07) is 24.4. The minimum atomic E-state index is -0.265. The number of nitrogens with one attached hydrogen (secondary N) is 1. The molecular weight excluding hydrogens is 301 g/mol. The number of halogens is 1. The van der Waals surface area contributed by atoms with Gasteiger partial charge in [-0.05, 0) is 60.5 Å². The molecule has 0 spiro atoms. The number of benzene rings is 3. The van der Waals surface area contributed by atoms with Crippen LogP contribution in [0.25, 0.3) is 0 Å². The van der Waals surface area contributed by atoms with E-state index in [4.69, 9.17) is 4.74 Å². The summed E-state index contributed by atoms with van der Waals surface area (Å²) in [5.74, 6) is 1.11. The van der Waals surface area contributed by atoms with Crippen LogP contribution in [0, 0.1) is 5.82 Å². The maximum Gasteiger partial charge on any atom is 0.127 e. The molecule has 0 amide bonds. The van der Waals surface area contributed by atoms with Crippen molar-refractivity contribution in [1.29, 1.82) is 0 Å². The molecule has 2 nitrogen and oxygen atoms in total. The lowest BCUT2D eigenvalue weighted by Gasteiger charge is -2.08. The van der Waals surface area contributed by atoms with Gasteiger partial charge in [-0.2, -0.15) is 0 Å². The molecule has 3 heteroatoms. The first-order valence-electron chi connectivity index (χ1n) is 8.06. The van der Waals surface area contributed by atoms with Crippen molar-refractivity contribution in [1.82, 2.24) is 5.32 Å². The van der Waals surface area contributed by atoms with E-state index >= 15 is 0 Å². The van der Waals surface area contributed by atoms with Crippen molar-refractivity contribution >= 4 is 0 Å². The lowest BCUT2D eigenvalue weighted by Crippen LogP contribution is -2.16. The third-order valence-corrected chi connectivity index (χ3v) is 3.74. The fourth-order valence-electron chi connectivity index (χ4n) is 2.42. The minimum Gasteiger partial charge on any atom is -0.457 e. The normalized spacial score (nSPS) is 10.5. The third-order valence-electron chi connectivity index (χ3n) is 3.74. The average Bonchev–Trinajstić information content (AvgIpc) is 2.63. The largest absolute Gasteiger partial charge is 0.457 e. The molecule has 0 heterocycles. The Balaban J connectivity index is 1.45. The van der Waals surface area contributed by atoms with Crippen LogP contribution >= 0.6 is 0 Å². The summed E-state index contributed by atoms with van der Waals surface area (Å²) in [5.41, 5.74) is 2.54. The fraction of sp³-hybridized carbons (Fsp3) is 0.143. The van der Waals surface area contributed by atoms with E-state index in [2.05, 4.69) is 29.6 Å². The lowest BCUT2D eigenvalue weighted by molar-refractivity contribution is 0.480. The highest BCUT2D eigenvalue weighted by atomic mass is 19.1. The van der Waals surface area contributed by atoms with E-state index in [1.165, 1.54) is 23.3 Å². The van der Waals surface area contributed by atoms with Crippen LogP contribution in [-0.4, -0.2) is 6.54 Å². The Labute approximate surface area is 141 Å². The summed E-state index contributed by atoms with van der Waals surface area (Å²) in [7, 11) is 0. The van der Waals surface area contributed by atoms with Crippen LogP contribution in [0.2, 0.25) is 0 Å². The number of ether oxygens (including phenoxy) is 1. The SMILES string of the molecule is Fc1ccc(Oc2ccc(CNCCc3ccccc3)cc2)cc1. The molecule has 0 fully saturated rings. The highest BCUT2D eigenvalue weighted by molar-refractivity contribution is 5.33. The summed E-state index contributed by atoms with van der Waals surface area (Å²) >= 11 is 0. The van der Waals surface area contributed by atoms with E-state index in [0.29, 0.717) is 5.75 Å². The predicted molar refractivity (Wildman–Crippen MR) is 94.8 cm³/mol. The first-order valence-corrected chi connectivity index (χ1v) is 8.06. The molecule has 0 aliphatic heterocycles. The van der Waals surface area contributed by atoms with Crippen LogP contribution in [0.4, 0.5) is 4.39 Å². The molecule has 3 rings (SSSR count). The molecule has 0 aromatic heterocycles. The van der Waals surface area contributed by atoms with Gasteiger partial charge in [-0.3, -0.25) is 0 Å². The van der Waals surface area contributed by atoms with Gasteiger partial charge in [0.25, 0.3) is 0 Å². The van der Waals surface area contributed by atoms with E-state index < -0.39 is 0 Å². The lowest BCUT2D eigenvalue weighted by atomic mass is 10.1. The molecule has 24 heavy (non-hydrogen) atoms. The molecule has 0 saturated carbocycles. The second-order valence-electron chi connectivity index (χ2n) is 5.61. The molecule has 0 aliphatic carbocycles. The number of hydrogen-bond acceptors (Lipinski definition) is 2. The van der Waals surface area contributed by atoms with Crippen molar-refractivity contribution in [3.63, 3.8) is 0 Å². The Kier molecular flexibility index (Phi) is 5.59. The van der Waals surface area contributed by atoms with Crippen molar-refractivity contribution < 1.29 is 9.13 Å². The van der Waals surface area contributed by atoms with Crippen molar-refractivity contribution in [2.75, 3.05) is 6.54 Å². The van der Waals surface area contributed by atoms with Crippen molar-refractivity contribution in [2.45, 2.75) is 13.0 Å². The van der Waals surface area contributed by atoms with Gasteiger partial charge in [0.1, 0.15) is 17.3 Å². The van der Waals surface area contributed by atoms with Gasteiger partial charge in [-0.15, -0.1) is 0 Å². The molecule has 0 radical (unpaired) electrons. The van der Waals surface area contributed by atoms with Crippen molar-refractivity contribution in [3.8, 4) is 11.5 Å². The average molecular weight is 321 g/mol. The quantitative estimate of drug-likeness (QED) is 0.622. The van der Waals surface area contributed by atoms with Gasteiger partial charge in [0.15, 0.2) is 0 Å². The zero-order valence-corrected chi connectivity index (χ0v) is 13.4. The summed E-state index contributed by atoms with van der Waals surface area (Å²) in [5, 5.41) is 3.44. The second-order valence-corrected chi connectivity index (χ2v) is 5.61. The van der Waals surface area contributed by atoms with E-state index in [9.17, 15) is 4.39 Å². The van der Waals surface area contributed by atoms with Crippen molar-refractivity contribution in [2.24, 2.45) is 0 Å². The Morgan fingerprint density at radius 1 is 0.708 bits per heavy atom. The molecule has 3 aromatic rings. The van der Waals surface area contributed by atoms with Crippen LogP contribution in [0.15, 0.2) is 78.9 Å². The highest BCUT2D eigenvalue weighted by Crippen LogP contribution is 2.21. The van der Waals surface area contributed by atoms with Gasteiger partial charge >= 0.3 is 0 Å². The summed E-state index contributed by atoms with van der Waals surface area (Å²) < 4.78 is 18.6. The predicted octanol–water partition coefficient (Wildman–Crippen LogP) is 4.95. The zero-order valence-electron chi connectivity index (χ0n) is 13.4. The van der Waals surface area contributed by atoms with E-state index in [1.807, 2.05) is 30.3 Å². The fourth-order valence-corrected chi connectivity index (χ4v) is 2.42. The minimum absolute atomic E-state index is 0.265. The van der Waals surface area contributed by atoms with Gasteiger partial charge < -0.3 is 10.1 Å². The Morgan fingerprint density at radius 2 is 1.33 bits per heavy atom. The Morgan fingerprint density at radius 3 is 2.00 bits per heavy atom. The van der Waals surface area contributed by atoms with Crippen LogP contribution < -0.4 is 10.1 Å². The molecule has 0 atom stereocenters. The number of rotatable bonds is 7. The third kappa shape index (κ3) is 4.93. The van der Waals surface area contributed by atoms with Gasteiger partial charge in [-0.25, -0.2) is 4.39 Å². The monoisotopic (exact) mass is 321 g/mol. The van der Waals surface area contributed by atoms with E-state index in [1.54, 1.807) is 12.1 Å². The first-order chi connectivity index (χ1) is 11.8. The molecule has 122 valence electrons. The van der Waals surface area contributed by atoms with Crippen LogP contribution in [-0.2, 0) is 13.0 Å².